The molecule has 0 bridgehead atoms. The molecule has 1 heterocycles. The van der Waals surface area contributed by atoms with Crippen LogP contribution in [0.5, 0.6) is 5.75 Å². The van der Waals surface area contributed by atoms with E-state index >= 15 is 0 Å². The van der Waals surface area contributed by atoms with Gasteiger partial charge in [0.25, 0.3) is 0 Å². The largest absolute Gasteiger partial charge is 0.491 e. The molecule has 1 atom stereocenters. The summed E-state index contributed by atoms with van der Waals surface area (Å²) in [5.41, 5.74) is 1.09. The number of hydrogen-bond acceptors (Lipinski definition) is 5. The molecule has 2 rings (SSSR count). The number of aliphatic hydroxyl groups excluding tert-OH is 1. The SMILES string of the molecule is CCNC(=NCC(C)(C)N1CCOCC1)NCC(O)COc1cccc(C)c1. The van der Waals surface area contributed by atoms with Crippen molar-refractivity contribution in [3.63, 3.8) is 0 Å². The number of aliphatic hydroxyl groups is 1. The summed E-state index contributed by atoms with van der Waals surface area (Å²) in [4.78, 5) is 7.13. The average molecular weight is 393 g/mol. The average Bonchev–Trinajstić information content (AvgIpc) is 2.69. The van der Waals surface area contributed by atoms with Crippen LogP contribution in [-0.4, -0.2) is 80.2 Å². The van der Waals surface area contributed by atoms with Crippen LogP contribution in [0.1, 0.15) is 26.3 Å². The molecular weight excluding hydrogens is 356 g/mol. The fourth-order valence-electron chi connectivity index (χ4n) is 3.05. The van der Waals surface area contributed by atoms with Crippen molar-refractivity contribution in [2.45, 2.75) is 39.3 Å². The van der Waals surface area contributed by atoms with Crippen molar-refractivity contribution in [2.75, 3.05) is 52.5 Å². The van der Waals surface area contributed by atoms with Gasteiger partial charge >= 0.3 is 0 Å². The minimum absolute atomic E-state index is 0.0426. The second-order valence-electron chi connectivity index (χ2n) is 7.77. The molecule has 1 aromatic carbocycles. The molecule has 28 heavy (non-hydrogen) atoms. The van der Waals surface area contributed by atoms with Crippen LogP contribution in [0.3, 0.4) is 0 Å². The van der Waals surface area contributed by atoms with Crippen molar-refractivity contribution in [3.05, 3.63) is 29.8 Å². The summed E-state index contributed by atoms with van der Waals surface area (Å²) >= 11 is 0. The van der Waals surface area contributed by atoms with Crippen LogP contribution >= 0.6 is 0 Å². The smallest absolute Gasteiger partial charge is 0.191 e. The molecule has 1 saturated heterocycles. The molecule has 1 unspecified atom stereocenters. The molecule has 158 valence electrons. The van der Waals surface area contributed by atoms with Crippen molar-refractivity contribution in [1.82, 2.24) is 15.5 Å². The predicted molar refractivity (Wildman–Crippen MR) is 113 cm³/mol. The summed E-state index contributed by atoms with van der Waals surface area (Å²) in [6.45, 7) is 13.9. The Bertz CT molecular complexity index is 615. The Hall–Kier alpha value is -1.83. The zero-order valence-corrected chi connectivity index (χ0v) is 17.7. The van der Waals surface area contributed by atoms with E-state index in [1.807, 2.05) is 38.1 Å². The fourth-order valence-corrected chi connectivity index (χ4v) is 3.05. The van der Waals surface area contributed by atoms with Gasteiger partial charge in [-0.1, -0.05) is 12.1 Å². The molecule has 0 spiro atoms. The molecule has 7 heteroatoms. The first-order valence-corrected chi connectivity index (χ1v) is 10.1. The Morgan fingerprint density at radius 2 is 2.07 bits per heavy atom. The molecule has 1 aromatic rings. The molecule has 0 amide bonds. The van der Waals surface area contributed by atoms with Crippen LogP contribution < -0.4 is 15.4 Å². The van der Waals surface area contributed by atoms with E-state index in [1.54, 1.807) is 0 Å². The number of nitrogens with zero attached hydrogens (tertiary/aromatic N) is 2. The molecule has 0 saturated carbocycles. The number of ether oxygens (including phenoxy) is 2. The van der Waals surface area contributed by atoms with E-state index in [2.05, 4.69) is 29.4 Å². The van der Waals surface area contributed by atoms with E-state index < -0.39 is 6.10 Å². The molecular formula is C21H36N4O3. The van der Waals surface area contributed by atoms with Gasteiger partial charge in [0.1, 0.15) is 18.5 Å². The maximum absolute atomic E-state index is 10.2. The lowest BCUT2D eigenvalue weighted by molar-refractivity contribution is -0.00684. The number of morpholine rings is 1. The topological polar surface area (TPSA) is 78.4 Å². The molecule has 0 aromatic heterocycles. The summed E-state index contributed by atoms with van der Waals surface area (Å²) in [6, 6.07) is 7.82. The number of nitrogens with one attached hydrogen (secondary N) is 2. The summed E-state index contributed by atoms with van der Waals surface area (Å²) in [6.07, 6.45) is -0.628. The van der Waals surface area contributed by atoms with E-state index in [0.29, 0.717) is 19.0 Å². The Kier molecular flexibility index (Phi) is 9.02. The van der Waals surface area contributed by atoms with Crippen molar-refractivity contribution >= 4 is 5.96 Å². The van der Waals surface area contributed by atoms with Crippen LogP contribution in [0, 0.1) is 6.92 Å². The molecule has 7 nitrogen and oxygen atoms in total. The number of hydrogen-bond donors (Lipinski definition) is 3. The standard InChI is InChI=1S/C21H36N4O3/c1-5-22-20(24-16-21(3,4)25-9-11-27-12-10-25)23-14-18(26)15-28-19-8-6-7-17(2)13-19/h6-8,13,18,26H,5,9-12,14-16H2,1-4H3,(H2,22,23,24). The lowest BCUT2D eigenvalue weighted by Gasteiger charge is -2.39. The first kappa shape index (κ1) is 22.5. The van der Waals surface area contributed by atoms with E-state index in [0.717, 1.165) is 44.2 Å². The van der Waals surface area contributed by atoms with E-state index in [9.17, 15) is 5.11 Å². The third kappa shape index (κ3) is 7.66. The first-order valence-electron chi connectivity index (χ1n) is 10.1. The zero-order valence-electron chi connectivity index (χ0n) is 17.7. The van der Waals surface area contributed by atoms with Crippen LogP contribution in [0.25, 0.3) is 0 Å². The molecule has 1 aliphatic heterocycles. The highest BCUT2D eigenvalue weighted by atomic mass is 16.5. The summed E-state index contributed by atoms with van der Waals surface area (Å²) in [5.74, 6) is 1.48. The third-order valence-corrected chi connectivity index (χ3v) is 4.77. The normalized spacial score (nSPS) is 17.2. The van der Waals surface area contributed by atoms with Crippen LogP contribution in [-0.2, 0) is 4.74 Å². The maximum Gasteiger partial charge on any atom is 0.191 e. The number of aliphatic imine (C=N–C) groups is 1. The number of benzene rings is 1. The lowest BCUT2D eigenvalue weighted by Crippen LogP contribution is -2.52. The predicted octanol–water partition coefficient (Wildman–Crippen LogP) is 1.40. The van der Waals surface area contributed by atoms with Gasteiger partial charge in [-0.2, -0.15) is 0 Å². The second kappa shape index (κ2) is 11.2. The number of aryl methyl sites for hydroxylation is 1. The van der Waals surface area contributed by atoms with Crippen LogP contribution in [0.2, 0.25) is 0 Å². The van der Waals surface area contributed by atoms with Crippen molar-refractivity contribution < 1.29 is 14.6 Å². The van der Waals surface area contributed by atoms with Gasteiger partial charge in [0.05, 0.1) is 19.8 Å². The van der Waals surface area contributed by atoms with E-state index in [4.69, 9.17) is 14.5 Å². The van der Waals surface area contributed by atoms with E-state index in [1.165, 1.54) is 0 Å². The van der Waals surface area contributed by atoms with Gasteiger partial charge in [0, 0.05) is 31.7 Å². The number of guanidine groups is 1. The van der Waals surface area contributed by atoms with Gasteiger partial charge in [-0.25, -0.2) is 0 Å². The molecule has 3 N–H and O–H groups in total. The van der Waals surface area contributed by atoms with Gasteiger partial charge in [-0.3, -0.25) is 9.89 Å². The minimum Gasteiger partial charge on any atom is -0.491 e. The highest BCUT2D eigenvalue weighted by Crippen LogP contribution is 2.16. The van der Waals surface area contributed by atoms with E-state index in [-0.39, 0.29) is 12.1 Å². The Labute approximate surface area is 169 Å². The van der Waals surface area contributed by atoms with Crippen molar-refractivity contribution in [1.29, 1.82) is 0 Å². The first-order chi connectivity index (χ1) is 13.4. The van der Waals surface area contributed by atoms with Crippen molar-refractivity contribution in [3.8, 4) is 5.75 Å². The third-order valence-electron chi connectivity index (χ3n) is 4.77. The molecule has 0 radical (unpaired) electrons. The molecule has 1 fully saturated rings. The molecule has 1 aliphatic rings. The Morgan fingerprint density at radius 1 is 1.32 bits per heavy atom. The Morgan fingerprint density at radius 3 is 2.75 bits per heavy atom. The van der Waals surface area contributed by atoms with Gasteiger partial charge in [0.2, 0.25) is 0 Å². The monoisotopic (exact) mass is 392 g/mol. The quantitative estimate of drug-likeness (QED) is 0.436. The highest BCUT2D eigenvalue weighted by molar-refractivity contribution is 5.79. The van der Waals surface area contributed by atoms with Gasteiger partial charge < -0.3 is 25.2 Å². The van der Waals surface area contributed by atoms with Crippen molar-refractivity contribution in [2.24, 2.45) is 4.99 Å². The lowest BCUT2D eigenvalue weighted by atomic mass is 10.0. The maximum atomic E-state index is 10.2. The summed E-state index contributed by atoms with van der Waals surface area (Å²) in [5, 5.41) is 16.7. The van der Waals surface area contributed by atoms with Crippen LogP contribution in [0.4, 0.5) is 0 Å². The second-order valence-corrected chi connectivity index (χ2v) is 7.77. The zero-order chi connectivity index (χ0) is 20.4. The summed E-state index contributed by atoms with van der Waals surface area (Å²) in [7, 11) is 0. The summed E-state index contributed by atoms with van der Waals surface area (Å²) < 4.78 is 11.1. The molecule has 0 aliphatic carbocycles. The van der Waals surface area contributed by atoms with Gasteiger partial charge in [0.15, 0.2) is 5.96 Å². The fraction of sp³-hybridized carbons (Fsp3) is 0.667. The van der Waals surface area contributed by atoms with Crippen LogP contribution in [0.15, 0.2) is 29.3 Å². The minimum atomic E-state index is -0.628. The number of rotatable bonds is 9. The highest BCUT2D eigenvalue weighted by Gasteiger charge is 2.28. The van der Waals surface area contributed by atoms with Gasteiger partial charge in [-0.05, 0) is 45.4 Å². The Balaban J connectivity index is 1.81. The van der Waals surface area contributed by atoms with Gasteiger partial charge in [-0.15, -0.1) is 0 Å².